The molecule has 0 aromatic heterocycles. The fourth-order valence-electron chi connectivity index (χ4n) is 1.58. The van der Waals surface area contributed by atoms with Crippen molar-refractivity contribution in [1.82, 2.24) is 15.2 Å². The van der Waals surface area contributed by atoms with Crippen LogP contribution in [-0.2, 0) is 10.0 Å². The highest BCUT2D eigenvalue weighted by molar-refractivity contribution is 7.89. The lowest BCUT2D eigenvalue weighted by molar-refractivity contribution is 0.273. The molecule has 1 aromatic carbocycles. The molecule has 1 aliphatic heterocycles. The van der Waals surface area contributed by atoms with Gasteiger partial charge in [-0.25, -0.2) is 8.42 Å². The van der Waals surface area contributed by atoms with Crippen molar-refractivity contribution < 1.29 is 8.42 Å². The Kier molecular flexibility index (Phi) is 3.55. The molecule has 6 nitrogen and oxygen atoms in total. The van der Waals surface area contributed by atoms with Crippen LogP contribution in [0.25, 0.3) is 0 Å². The Hall–Kier alpha value is -1.57. The van der Waals surface area contributed by atoms with Crippen molar-refractivity contribution in [3.63, 3.8) is 0 Å². The number of allylic oxidation sites excluding steroid dienone is 1. The summed E-state index contributed by atoms with van der Waals surface area (Å²) in [6.07, 6.45) is 1.91. The van der Waals surface area contributed by atoms with Crippen LogP contribution in [0.2, 0.25) is 0 Å². The molecule has 0 atom stereocenters. The summed E-state index contributed by atoms with van der Waals surface area (Å²) in [6, 6.07) is 6.08. The quantitative estimate of drug-likeness (QED) is 0.683. The third-order valence-electron chi connectivity index (χ3n) is 2.66. The fourth-order valence-corrected chi connectivity index (χ4v) is 2.68. The van der Waals surface area contributed by atoms with Crippen molar-refractivity contribution in [3.8, 4) is 0 Å². The average Bonchev–Trinajstić information content (AvgIpc) is 2.32. The largest absolute Gasteiger partial charge is 0.399 e. The van der Waals surface area contributed by atoms with E-state index in [9.17, 15) is 8.42 Å². The van der Waals surface area contributed by atoms with E-state index in [0.29, 0.717) is 12.4 Å². The second kappa shape index (κ2) is 4.97. The van der Waals surface area contributed by atoms with Gasteiger partial charge in [-0.15, -0.1) is 4.83 Å². The number of hydrazine groups is 1. The van der Waals surface area contributed by atoms with E-state index >= 15 is 0 Å². The maximum atomic E-state index is 12.1. The first-order valence-corrected chi connectivity index (χ1v) is 7.00. The normalized spacial score (nSPS) is 16.5. The van der Waals surface area contributed by atoms with Crippen molar-refractivity contribution in [2.45, 2.75) is 11.8 Å². The second-order valence-corrected chi connectivity index (χ2v) is 5.71. The molecular weight excluding hydrogens is 252 g/mol. The minimum Gasteiger partial charge on any atom is -0.399 e. The number of hydrogen-bond donors (Lipinski definition) is 3. The molecule has 0 spiro atoms. The maximum Gasteiger partial charge on any atom is 0.257 e. The highest BCUT2D eigenvalue weighted by Gasteiger charge is 2.19. The van der Waals surface area contributed by atoms with Crippen molar-refractivity contribution in [2.75, 3.05) is 18.9 Å². The predicted molar refractivity (Wildman–Crippen MR) is 69.6 cm³/mol. The maximum absolute atomic E-state index is 12.1. The summed E-state index contributed by atoms with van der Waals surface area (Å²) in [5.41, 5.74) is 6.93. The molecule has 7 heteroatoms. The van der Waals surface area contributed by atoms with Crippen LogP contribution < -0.4 is 15.9 Å². The number of nitrogen functional groups attached to an aromatic ring is 1. The van der Waals surface area contributed by atoms with Crippen LogP contribution in [0.3, 0.4) is 0 Å². The van der Waals surface area contributed by atoms with Gasteiger partial charge in [-0.05, 0) is 31.2 Å². The van der Waals surface area contributed by atoms with Gasteiger partial charge in [-0.1, -0.05) is 6.08 Å². The molecule has 0 bridgehead atoms. The number of rotatable bonds is 3. The van der Waals surface area contributed by atoms with Crippen LogP contribution in [0, 0.1) is 0 Å². The van der Waals surface area contributed by atoms with Crippen LogP contribution in [-0.4, -0.2) is 26.6 Å². The van der Waals surface area contributed by atoms with E-state index in [1.165, 1.54) is 12.1 Å². The minimum atomic E-state index is -3.57. The number of nitrogens with two attached hydrogens (primary N) is 1. The van der Waals surface area contributed by atoms with E-state index in [4.69, 9.17) is 5.73 Å². The van der Waals surface area contributed by atoms with Crippen LogP contribution in [0.15, 0.2) is 40.9 Å². The van der Waals surface area contributed by atoms with Crippen molar-refractivity contribution in [1.29, 1.82) is 0 Å². The summed E-state index contributed by atoms with van der Waals surface area (Å²) in [5.74, 6) is 0. The van der Waals surface area contributed by atoms with Gasteiger partial charge in [-0.3, -0.25) is 10.3 Å². The first-order chi connectivity index (χ1) is 8.49. The zero-order valence-electron chi connectivity index (χ0n) is 10.1. The zero-order chi connectivity index (χ0) is 13.2. The third-order valence-corrected chi connectivity index (χ3v) is 4.01. The molecule has 1 heterocycles. The Labute approximate surface area is 106 Å². The topological polar surface area (TPSA) is 87.5 Å². The molecule has 0 radical (unpaired) electrons. The van der Waals surface area contributed by atoms with Crippen molar-refractivity contribution >= 4 is 15.7 Å². The van der Waals surface area contributed by atoms with Gasteiger partial charge in [0.2, 0.25) is 0 Å². The van der Waals surface area contributed by atoms with Gasteiger partial charge in [0.1, 0.15) is 0 Å². The third kappa shape index (κ3) is 2.81. The van der Waals surface area contributed by atoms with Gasteiger partial charge in [0.15, 0.2) is 0 Å². The Bertz CT molecular complexity index is 551. The number of hydrogen-bond acceptors (Lipinski definition) is 5. The fraction of sp³-hybridized carbons (Fsp3) is 0.273. The summed E-state index contributed by atoms with van der Waals surface area (Å²) in [7, 11) is -3.57. The molecular formula is C11H16N4O2S. The standard InChI is InChI=1S/C11H16N4O2S/c1-9-6-7-13-8-15(9)14-18(16,17)11-4-2-10(12)3-5-11/h2-6,13-14H,7-8,12H2,1H3. The molecule has 0 saturated carbocycles. The Morgan fingerprint density at radius 2 is 2.00 bits per heavy atom. The van der Waals surface area contributed by atoms with E-state index < -0.39 is 10.0 Å². The molecule has 1 aliphatic rings. The first kappa shape index (κ1) is 12.9. The molecule has 0 aliphatic carbocycles. The van der Waals surface area contributed by atoms with Crippen LogP contribution in [0.5, 0.6) is 0 Å². The first-order valence-electron chi connectivity index (χ1n) is 5.52. The molecule has 1 aromatic rings. The van der Waals surface area contributed by atoms with Crippen molar-refractivity contribution in [3.05, 3.63) is 36.0 Å². The number of nitrogens with one attached hydrogen (secondary N) is 2. The summed E-state index contributed by atoms with van der Waals surface area (Å²) in [5, 5.41) is 4.60. The van der Waals surface area contributed by atoms with Gasteiger partial charge in [0.25, 0.3) is 10.0 Å². The SMILES string of the molecule is CC1=CCNCN1NS(=O)(=O)c1ccc(N)cc1. The molecule has 0 fully saturated rings. The van der Waals surface area contributed by atoms with Crippen molar-refractivity contribution in [2.24, 2.45) is 0 Å². The summed E-state index contributed by atoms with van der Waals surface area (Å²) in [6.45, 7) is 3.04. The van der Waals surface area contributed by atoms with E-state index in [2.05, 4.69) is 10.1 Å². The van der Waals surface area contributed by atoms with E-state index in [1.54, 1.807) is 17.1 Å². The Morgan fingerprint density at radius 1 is 1.33 bits per heavy atom. The number of benzene rings is 1. The minimum absolute atomic E-state index is 0.190. The molecule has 98 valence electrons. The summed E-state index contributed by atoms with van der Waals surface area (Å²) >= 11 is 0. The van der Waals surface area contributed by atoms with Gasteiger partial charge in [0.05, 0.1) is 11.6 Å². The van der Waals surface area contributed by atoms with Crippen LogP contribution >= 0.6 is 0 Å². The average molecular weight is 268 g/mol. The highest BCUT2D eigenvalue weighted by atomic mass is 32.2. The van der Waals surface area contributed by atoms with E-state index in [-0.39, 0.29) is 4.90 Å². The number of nitrogens with zero attached hydrogens (tertiary/aromatic N) is 1. The summed E-state index contributed by atoms with van der Waals surface area (Å²) in [4.78, 5) is 2.70. The highest BCUT2D eigenvalue weighted by Crippen LogP contribution is 2.13. The van der Waals surface area contributed by atoms with Gasteiger partial charge >= 0.3 is 0 Å². The molecule has 0 saturated heterocycles. The Balaban J connectivity index is 2.19. The zero-order valence-corrected chi connectivity index (χ0v) is 10.9. The molecule has 18 heavy (non-hydrogen) atoms. The summed E-state index contributed by atoms with van der Waals surface area (Å²) < 4.78 is 24.2. The number of anilines is 1. The van der Waals surface area contributed by atoms with Gasteiger partial charge in [-0.2, -0.15) is 0 Å². The van der Waals surface area contributed by atoms with Gasteiger partial charge < -0.3 is 5.73 Å². The number of sulfonamides is 1. The lowest BCUT2D eigenvalue weighted by Gasteiger charge is -2.29. The van der Waals surface area contributed by atoms with Crippen LogP contribution in [0.1, 0.15) is 6.92 Å². The van der Waals surface area contributed by atoms with E-state index in [0.717, 1.165) is 12.2 Å². The molecule has 2 rings (SSSR count). The Morgan fingerprint density at radius 3 is 2.61 bits per heavy atom. The monoisotopic (exact) mass is 268 g/mol. The lowest BCUT2D eigenvalue weighted by atomic mass is 10.3. The molecule has 0 amide bonds. The molecule has 4 N–H and O–H groups in total. The molecule has 0 unspecified atom stereocenters. The second-order valence-electron chi connectivity index (χ2n) is 4.05. The smallest absolute Gasteiger partial charge is 0.257 e. The van der Waals surface area contributed by atoms with Crippen LogP contribution in [0.4, 0.5) is 5.69 Å². The van der Waals surface area contributed by atoms with E-state index in [1.807, 2.05) is 13.0 Å². The lowest BCUT2D eigenvalue weighted by Crippen LogP contribution is -2.48. The van der Waals surface area contributed by atoms with Gasteiger partial charge in [0, 0.05) is 17.9 Å². The predicted octanol–water partition coefficient (Wildman–Crippen LogP) is 0.229.